The normalized spacial score (nSPS) is 24.3. The van der Waals surface area contributed by atoms with Gasteiger partial charge in [0.05, 0.1) is 12.4 Å². The molecule has 26 heavy (non-hydrogen) atoms. The number of ketones is 1. The monoisotopic (exact) mass is 362 g/mol. The van der Waals surface area contributed by atoms with Gasteiger partial charge in [-0.25, -0.2) is 0 Å². The second-order valence-corrected chi connectivity index (χ2v) is 8.20. The van der Waals surface area contributed by atoms with Crippen LogP contribution in [0.15, 0.2) is 22.8 Å². The van der Waals surface area contributed by atoms with E-state index >= 15 is 0 Å². The molecule has 1 N–H and O–H groups in total. The fourth-order valence-electron chi connectivity index (χ4n) is 3.69. The zero-order chi connectivity index (χ0) is 18.9. The minimum absolute atomic E-state index is 0.0573. The highest BCUT2D eigenvalue weighted by atomic mass is 16.5. The molecule has 3 heterocycles. The summed E-state index contributed by atoms with van der Waals surface area (Å²) in [7, 11) is 0. The maximum absolute atomic E-state index is 13.2. The summed E-state index contributed by atoms with van der Waals surface area (Å²) in [6, 6.07) is 1.93. The average Bonchev–Trinajstić information content (AvgIpc) is 3.22. The van der Waals surface area contributed by atoms with Crippen LogP contribution in [0.4, 0.5) is 0 Å². The second-order valence-electron chi connectivity index (χ2n) is 8.20. The van der Waals surface area contributed by atoms with Gasteiger partial charge in [-0.2, -0.15) is 0 Å². The predicted molar refractivity (Wildman–Crippen MR) is 93.5 cm³/mol. The van der Waals surface area contributed by atoms with Crippen LogP contribution in [0, 0.1) is 5.41 Å². The molecule has 7 heteroatoms. The lowest BCUT2D eigenvalue weighted by Crippen LogP contribution is -2.58. The topological polar surface area (TPSA) is 88.8 Å². The van der Waals surface area contributed by atoms with Crippen LogP contribution < -0.4 is 5.32 Å². The number of furan rings is 1. The van der Waals surface area contributed by atoms with Crippen molar-refractivity contribution in [3.8, 4) is 0 Å². The standard InChI is InChI=1S/C19H26N2O5/c1-19(2,3)10-12(20-17(23)15-7-5-9-25-15)18(24)21-8-4-6-14-16(21)13(22)11-26-14/h5,7,9,12,14,16H,4,6,8,10-11H2,1-3H3,(H,20,23). The van der Waals surface area contributed by atoms with E-state index in [2.05, 4.69) is 5.32 Å². The third-order valence-electron chi connectivity index (χ3n) is 4.79. The number of carbonyl (C=O) groups is 3. The van der Waals surface area contributed by atoms with E-state index in [1.54, 1.807) is 17.0 Å². The summed E-state index contributed by atoms with van der Waals surface area (Å²) in [4.78, 5) is 39.5. The van der Waals surface area contributed by atoms with Gasteiger partial charge >= 0.3 is 0 Å². The van der Waals surface area contributed by atoms with E-state index in [9.17, 15) is 14.4 Å². The first-order valence-electron chi connectivity index (χ1n) is 9.05. The molecule has 7 nitrogen and oxygen atoms in total. The maximum atomic E-state index is 13.2. The first-order chi connectivity index (χ1) is 12.3. The van der Waals surface area contributed by atoms with Crippen molar-refractivity contribution in [3.05, 3.63) is 24.2 Å². The smallest absolute Gasteiger partial charge is 0.287 e. The summed E-state index contributed by atoms with van der Waals surface area (Å²) in [5, 5.41) is 2.79. The largest absolute Gasteiger partial charge is 0.459 e. The third-order valence-corrected chi connectivity index (χ3v) is 4.79. The van der Waals surface area contributed by atoms with Crippen molar-refractivity contribution in [2.75, 3.05) is 13.2 Å². The van der Waals surface area contributed by atoms with Gasteiger partial charge in [-0.05, 0) is 36.8 Å². The molecule has 0 radical (unpaired) electrons. The quantitative estimate of drug-likeness (QED) is 0.882. The summed E-state index contributed by atoms with van der Waals surface area (Å²) >= 11 is 0. The highest BCUT2D eigenvalue weighted by Crippen LogP contribution is 2.29. The molecule has 1 aromatic heterocycles. The Kier molecular flexibility index (Phi) is 5.18. The Morgan fingerprint density at radius 3 is 2.81 bits per heavy atom. The number of ether oxygens (including phenoxy) is 1. The fraction of sp³-hybridized carbons (Fsp3) is 0.632. The number of piperidine rings is 1. The molecule has 0 saturated carbocycles. The van der Waals surface area contributed by atoms with Crippen LogP contribution in [-0.2, 0) is 14.3 Å². The molecule has 3 atom stereocenters. The summed E-state index contributed by atoms with van der Waals surface area (Å²) < 4.78 is 10.7. The van der Waals surface area contributed by atoms with Crippen LogP contribution in [0.1, 0.15) is 50.6 Å². The molecule has 0 bridgehead atoms. The zero-order valence-corrected chi connectivity index (χ0v) is 15.5. The van der Waals surface area contributed by atoms with Crippen LogP contribution in [-0.4, -0.2) is 53.8 Å². The Bertz CT molecular complexity index is 677. The number of amides is 2. The first kappa shape index (κ1) is 18.6. The Morgan fingerprint density at radius 2 is 2.15 bits per heavy atom. The van der Waals surface area contributed by atoms with E-state index in [0.717, 1.165) is 12.8 Å². The molecule has 3 unspecified atom stereocenters. The first-order valence-corrected chi connectivity index (χ1v) is 9.05. The second kappa shape index (κ2) is 7.23. The summed E-state index contributed by atoms with van der Waals surface area (Å²) in [6.07, 6.45) is 3.22. The Morgan fingerprint density at radius 1 is 1.38 bits per heavy atom. The number of likely N-dealkylation sites (tertiary alicyclic amines) is 1. The molecule has 142 valence electrons. The molecule has 2 aliphatic heterocycles. The Hall–Kier alpha value is -2.15. The van der Waals surface area contributed by atoms with Crippen molar-refractivity contribution < 1.29 is 23.5 Å². The SMILES string of the molecule is CC(C)(C)CC(NC(=O)c1ccco1)C(=O)N1CCCC2OCC(=O)C21. The van der Waals surface area contributed by atoms with Crippen molar-refractivity contribution in [1.82, 2.24) is 10.2 Å². The van der Waals surface area contributed by atoms with Gasteiger partial charge in [-0.1, -0.05) is 20.8 Å². The summed E-state index contributed by atoms with van der Waals surface area (Å²) in [5.74, 6) is -0.558. The molecule has 2 amide bonds. The van der Waals surface area contributed by atoms with Crippen molar-refractivity contribution in [2.45, 2.75) is 58.2 Å². The van der Waals surface area contributed by atoms with Crippen molar-refractivity contribution >= 4 is 17.6 Å². The zero-order valence-electron chi connectivity index (χ0n) is 15.5. The van der Waals surface area contributed by atoms with E-state index in [1.165, 1.54) is 6.26 Å². The summed E-state index contributed by atoms with van der Waals surface area (Å²) in [6.45, 7) is 6.59. The van der Waals surface area contributed by atoms with Gasteiger partial charge < -0.3 is 19.4 Å². The number of Topliss-reactive ketones (excluding diaryl/α,β-unsaturated/α-hetero) is 1. The lowest BCUT2D eigenvalue weighted by molar-refractivity contribution is -0.143. The van der Waals surface area contributed by atoms with E-state index < -0.39 is 18.0 Å². The lowest BCUT2D eigenvalue weighted by atomic mass is 9.86. The van der Waals surface area contributed by atoms with Crippen molar-refractivity contribution in [1.29, 1.82) is 0 Å². The molecule has 0 spiro atoms. The van der Waals surface area contributed by atoms with Crippen LogP contribution in [0.5, 0.6) is 0 Å². The van der Waals surface area contributed by atoms with Crippen molar-refractivity contribution in [2.24, 2.45) is 5.41 Å². The molecule has 2 saturated heterocycles. The van der Waals surface area contributed by atoms with Crippen LogP contribution in [0.3, 0.4) is 0 Å². The number of carbonyl (C=O) groups excluding carboxylic acids is 3. The molecule has 3 rings (SSSR count). The van der Waals surface area contributed by atoms with E-state index in [4.69, 9.17) is 9.15 Å². The molecule has 1 aromatic rings. The molecular weight excluding hydrogens is 336 g/mol. The van der Waals surface area contributed by atoms with Gasteiger partial charge in [0.1, 0.15) is 18.7 Å². The third kappa shape index (κ3) is 3.98. The average molecular weight is 362 g/mol. The number of nitrogens with zero attached hydrogens (tertiary/aromatic N) is 1. The predicted octanol–water partition coefficient (Wildman–Crippen LogP) is 1.77. The van der Waals surface area contributed by atoms with Gasteiger partial charge in [-0.15, -0.1) is 0 Å². The highest BCUT2D eigenvalue weighted by Gasteiger charge is 2.46. The Balaban J connectivity index is 1.79. The highest BCUT2D eigenvalue weighted by molar-refractivity contribution is 5.97. The van der Waals surface area contributed by atoms with E-state index in [0.29, 0.717) is 13.0 Å². The number of rotatable bonds is 4. The lowest BCUT2D eigenvalue weighted by Gasteiger charge is -2.38. The Labute approximate surface area is 153 Å². The fourth-order valence-corrected chi connectivity index (χ4v) is 3.69. The summed E-state index contributed by atoms with van der Waals surface area (Å²) in [5.41, 5.74) is -0.178. The molecule has 2 aliphatic rings. The van der Waals surface area contributed by atoms with Gasteiger partial charge in [0.2, 0.25) is 5.91 Å². The number of nitrogens with one attached hydrogen (secondary N) is 1. The molecule has 0 aliphatic carbocycles. The minimum Gasteiger partial charge on any atom is -0.459 e. The van der Waals surface area contributed by atoms with Crippen LogP contribution >= 0.6 is 0 Å². The minimum atomic E-state index is -0.722. The van der Waals surface area contributed by atoms with Gasteiger partial charge in [0.15, 0.2) is 11.5 Å². The molecule has 2 fully saturated rings. The van der Waals surface area contributed by atoms with Crippen molar-refractivity contribution in [3.63, 3.8) is 0 Å². The number of hydrogen-bond donors (Lipinski definition) is 1. The van der Waals surface area contributed by atoms with Gasteiger partial charge in [0.25, 0.3) is 5.91 Å². The van der Waals surface area contributed by atoms with Gasteiger partial charge in [0, 0.05) is 6.54 Å². The van der Waals surface area contributed by atoms with Crippen LogP contribution in [0.2, 0.25) is 0 Å². The molecule has 0 aromatic carbocycles. The number of hydrogen-bond acceptors (Lipinski definition) is 5. The van der Waals surface area contributed by atoms with Crippen LogP contribution in [0.25, 0.3) is 0 Å². The van der Waals surface area contributed by atoms with E-state index in [1.807, 2.05) is 20.8 Å². The van der Waals surface area contributed by atoms with Gasteiger partial charge in [-0.3, -0.25) is 14.4 Å². The number of fused-ring (bicyclic) bond motifs is 1. The van der Waals surface area contributed by atoms with E-state index in [-0.39, 0.29) is 35.6 Å². The molecular formula is C19H26N2O5. The maximum Gasteiger partial charge on any atom is 0.287 e.